The number of hydrogen-bond donors (Lipinski definition) is 0. The number of carbonyl (C=O) groups is 1. The standard InChI is InChI=1S/C28H28Cl2FN3O4S/c1-17(20-4-3-5-23(26(20)30)38-19-8-11-33(12-9-19)13-10-31)37-24-15-25(39-27(24)28(35)36-2)34-16-32-21-14-18(29)6-7-22(21)34/h3-7,14-17,19H,8-13H2,1-2H3/t17-/m1/s1. The van der Waals surface area contributed by atoms with Gasteiger partial charge in [0.25, 0.3) is 0 Å². The molecule has 0 aliphatic carbocycles. The van der Waals surface area contributed by atoms with Crippen LogP contribution in [0.1, 0.15) is 41.1 Å². The minimum Gasteiger partial charge on any atom is -0.489 e. The van der Waals surface area contributed by atoms with Gasteiger partial charge < -0.3 is 19.1 Å². The number of thiophene rings is 1. The van der Waals surface area contributed by atoms with Crippen molar-refractivity contribution in [3.63, 3.8) is 0 Å². The number of benzene rings is 2. The second-order valence-corrected chi connectivity index (χ2v) is 11.1. The molecule has 0 saturated carbocycles. The molecular formula is C28H28Cl2FN3O4S. The van der Waals surface area contributed by atoms with Crippen molar-refractivity contribution in [2.24, 2.45) is 0 Å². The number of alkyl halides is 1. The van der Waals surface area contributed by atoms with E-state index >= 15 is 0 Å². The number of imidazole rings is 1. The summed E-state index contributed by atoms with van der Waals surface area (Å²) in [6.45, 7) is 3.58. The fourth-order valence-electron chi connectivity index (χ4n) is 4.70. The number of halogens is 3. The van der Waals surface area contributed by atoms with Crippen LogP contribution in [0, 0.1) is 0 Å². The van der Waals surface area contributed by atoms with Crippen LogP contribution in [-0.4, -0.2) is 59.9 Å². The van der Waals surface area contributed by atoms with Crippen LogP contribution in [0.2, 0.25) is 10.0 Å². The second kappa shape index (κ2) is 12.1. The number of likely N-dealkylation sites (tertiary alicyclic amines) is 1. The molecule has 11 heteroatoms. The number of piperidine rings is 1. The SMILES string of the molecule is COC(=O)c1sc(-n2cnc3cc(Cl)ccc32)cc1O[C@H](C)c1cccc(OC2CCN(CCF)CC2)c1Cl. The minimum atomic E-state index is -0.497. The zero-order valence-electron chi connectivity index (χ0n) is 21.5. The first-order valence-electron chi connectivity index (χ1n) is 12.6. The molecule has 1 atom stereocenters. The van der Waals surface area contributed by atoms with Crippen molar-refractivity contribution < 1.29 is 23.4 Å². The summed E-state index contributed by atoms with van der Waals surface area (Å²) in [5, 5.41) is 1.80. The van der Waals surface area contributed by atoms with Gasteiger partial charge in [0.1, 0.15) is 41.7 Å². The lowest BCUT2D eigenvalue weighted by molar-refractivity contribution is 0.0600. The lowest BCUT2D eigenvalue weighted by atomic mass is 10.1. The quantitative estimate of drug-likeness (QED) is 0.193. The Kier molecular flexibility index (Phi) is 8.61. The molecule has 0 N–H and O–H groups in total. The van der Waals surface area contributed by atoms with Crippen LogP contribution in [0.4, 0.5) is 4.39 Å². The first-order valence-corrected chi connectivity index (χ1v) is 14.2. The molecule has 0 spiro atoms. The molecular weight excluding hydrogens is 564 g/mol. The summed E-state index contributed by atoms with van der Waals surface area (Å²) in [4.78, 5) is 19.5. The molecule has 1 aliphatic heterocycles. The summed E-state index contributed by atoms with van der Waals surface area (Å²) in [7, 11) is 1.34. The maximum absolute atomic E-state index is 12.7. The zero-order chi connectivity index (χ0) is 27.5. The number of fused-ring (bicyclic) bond motifs is 1. The van der Waals surface area contributed by atoms with Gasteiger partial charge in [-0.25, -0.2) is 14.2 Å². The molecule has 1 fully saturated rings. The average Bonchev–Trinajstić information content (AvgIpc) is 3.54. The number of rotatable bonds is 9. The minimum absolute atomic E-state index is 0.00933. The Balaban J connectivity index is 1.37. The normalized spacial score (nSPS) is 15.4. The molecule has 39 heavy (non-hydrogen) atoms. The predicted octanol–water partition coefficient (Wildman–Crippen LogP) is 7.13. The Labute approximate surface area is 240 Å². The van der Waals surface area contributed by atoms with Gasteiger partial charge in [-0.2, -0.15) is 0 Å². The van der Waals surface area contributed by atoms with Crippen molar-refractivity contribution in [3.05, 3.63) is 69.3 Å². The van der Waals surface area contributed by atoms with E-state index in [0.717, 1.165) is 47.5 Å². The molecule has 2 aromatic heterocycles. The smallest absolute Gasteiger partial charge is 0.351 e. The van der Waals surface area contributed by atoms with Crippen molar-refractivity contribution in [1.82, 2.24) is 14.5 Å². The third kappa shape index (κ3) is 6.01. The lowest BCUT2D eigenvalue weighted by Crippen LogP contribution is -2.39. The molecule has 206 valence electrons. The maximum Gasteiger partial charge on any atom is 0.351 e. The fraction of sp³-hybridized carbons (Fsp3) is 0.357. The lowest BCUT2D eigenvalue weighted by Gasteiger charge is -2.31. The average molecular weight is 593 g/mol. The molecule has 0 bridgehead atoms. The van der Waals surface area contributed by atoms with Crippen molar-refractivity contribution >= 4 is 51.5 Å². The van der Waals surface area contributed by atoms with Crippen LogP contribution in [0.15, 0.2) is 48.8 Å². The van der Waals surface area contributed by atoms with Gasteiger partial charge in [0, 0.05) is 36.3 Å². The van der Waals surface area contributed by atoms with Crippen LogP contribution >= 0.6 is 34.5 Å². The summed E-state index contributed by atoms with van der Waals surface area (Å²) < 4.78 is 32.1. The summed E-state index contributed by atoms with van der Waals surface area (Å²) in [5.41, 5.74) is 2.32. The van der Waals surface area contributed by atoms with Crippen LogP contribution in [0.25, 0.3) is 16.0 Å². The maximum atomic E-state index is 12.7. The van der Waals surface area contributed by atoms with Crippen molar-refractivity contribution in [1.29, 1.82) is 0 Å². The molecule has 1 saturated heterocycles. The number of aromatic nitrogens is 2. The molecule has 0 unspecified atom stereocenters. The Morgan fingerprint density at radius 2 is 1.97 bits per heavy atom. The van der Waals surface area contributed by atoms with Crippen LogP contribution < -0.4 is 9.47 Å². The van der Waals surface area contributed by atoms with Gasteiger partial charge in [-0.1, -0.05) is 35.3 Å². The summed E-state index contributed by atoms with van der Waals surface area (Å²) >= 11 is 14.1. The molecule has 7 nitrogen and oxygen atoms in total. The van der Waals surface area contributed by atoms with Crippen LogP contribution in [0.3, 0.4) is 0 Å². The monoisotopic (exact) mass is 591 g/mol. The van der Waals surface area contributed by atoms with Crippen molar-refractivity contribution in [2.45, 2.75) is 32.0 Å². The summed E-state index contributed by atoms with van der Waals surface area (Å²) in [6, 6.07) is 12.8. The van der Waals surface area contributed by atoms with E-state index in [1.54, 1.807) is 24.5 Å². The summed E-state index contributed by atoms with van der Waals surface area (Å²) in [6.07, 6.45) is 2.82. The predicted molar refractivity (Wildman–Crippen MR) is 152 cm³/mol. The highest BCUT2D eigenvalue weighted by Gasteiger charge is 2.25. The number of methoxy groups -OCH3 is 1. The van der Waals surface area contributed by atoms with Gasteiger partial charge in [-0.3, -0.25) is 4.57 Å². The van der Waals surface area contributed by atoms with Gasteiger partial charge >= 0.3 is 5.97 Å². The van der Waals surface area contributed by atoms with E-state index in [4.69, 9.17) is 37.4 Å². The first kappa shape index (κ1) is 27.7. The van der Waals surface area contributed by atoms with E-state index in [9.17, 15) is 9.18 Å². The Bertz CT molecular complexity index is 1470. The molecule has 5 rings (SSSR count). The van der Waals surface area contributed by atoms with Gasteiger partial charge in [0.15, 0.2) is 4.88 Å². The van der Waals surface area contributed by atoms with Crippen molar-refractivity contribution in [3.8, 4) is 16.5 Å². The third-order valence-electron chi connectivity index (χ3n) is 6.77. The molecule has 1 aliphatic rings. The van der Waals surface area contributed by atoms with Gasteiger partial charge in [0.2, 0.25) is 0 Å². The van der Waals surface area contributed by atoms with E-state index in [-0.39, 0.29) is 12.8 Å². The van der Waals surface area contributed by atoms with Crippen LogP contribution in [0.5, 0.6) is 11.5 Å². The highest BCUT2D eigenvalue weighted by Crippen LogP contribution is 2.39. The van der Waals surface area contributed by atoms with E-state index in [1.807, 2.05) is 35.8 Å². The largest absolute Gasteiger partial charge is 0.489 e. The highest BCUT2D eigenvalue weighted by atomic mass is 35.5. The van der Waals surface area contributed by atoms with E-state index in [1.165, 1.54) is 18.4 Å². The van der Waals surface area contributed by atoms with Crippen LogP contribution in [-0.2, 0) is 4.74 Å². The fourth-order valence-corrected chi connectivity index (χ4v) is 6.18. The number of hydrogen-bond acceptors (Lipinski definition) is 7. The van der Waals surface area contributed by atoms with Crippen molar-refractivity contribution in [2.75, 3.05) is 33.4 Å². The van der Waals surface area contributed by atoms with Gasteiger partial charge in [-0.15, -0.1) is 11.3 Å². The topological polar surface area (TPSA) is 65.8 Å². The number of carbonyl (C=O) groups excluding carboxylic acids is 1. The third-order valence-corrected chi connectivity index (χ3v) is 8.50. The second-order valence-electron chi connectivity index (χ2n) is 9.28. The number of ether oxygens (including phenoxy) is 3. The zero-order valence-corrected chi connectivity index (χ0v) is 23.9. The molecule has 4 aromatic rings. The number of esters is 1. The van der Waals surface area contributed by atoms with Gasteiger partial charge in [0.05, 0.1) is 23.2 Å². The van der Waals surface area contributed by atoms with E-state index in [2.05, 4.69) is 9.88 Å². The first-order chi connectivity index (χ1) is 18.9. The Hall–Kier alpha value is -2.85. The van der Waals surface area contributed by atoms with Gasteiger partial charge in [-0.05, 0) is 44.0 Å². The highest BCUT2D eigenvalue weighted by molar-refractivity contribution is 7.16. The van der Waals surface area contributed by atoms with E-state index < -0.39 is 12.1 Å². The van der Waals surface area contributed by atoms with E-state index in [0.29, 0.717) is 33.0 Å². The molecule has 0 radical (unpaired) electrons. The summed E-state index contributed by atoms with van der Waals surface area (Å²) in [5.74, 6) is 0.465. The number of nitrogens with zero attached hydrogens (tertiary/aromatic N) is 3. The molecule has 3 heterocycles. The Morgan fingerprint density at radius 3 is 2.72 bits per heavy atom. The molecule has 0 amide bonds. The Morgan fingerprint density at radius 1 is 1.18 bits per heavy atom. The molecule has 2 aromatic carbocycles.